The molecule has 0 fully saturated rings. The summed E-state index contributed by atoms with van der Waals surface area (Å²) in [7, 11) is 4.61. The van der Waals surface area contributed by atoms with Crippen molar-refractivity contribution in [3.05, 3.63) is 59.4 Å². The van der Waals surface area contributed by atoms with Gasteiger partial charge in [0, 0.05) is 38.1 Å². The molecule has 2 amide bonds. The van der Waals surface area contributed by atoms with Gasteiger partial charge in [-0.1, -0.05) is 18.2 Å². The minimum atomic E-state index is -0.562. The van der Waals surface area contributed by atoms with Crippen LogP contribution in [0.2, 0.25) is 0 Å². The molecule has 0 saturated carbocycles. The first-order chi connectivity index (χ1) is 15.9. The molecule has 3 rings (SSSR count). The third kappa shape index (κ3) is 5.48. The van der Waals surface area contributed by atoms with Crippen molar-refractivity contribution in [2.45, 2.75) is 19.4 Å². The first-order valence-corrected chi connectivity index (χ1v) is 10.5. The number of hydrogen-bond donors (Lipinski definition) is 0. The number of ether oxygens (including phenoxy) is 3. The van der Waals surface area contributed by atoms with E-state index in [-0.39, 0.29) is 25.4 Å². The van der Waals surface area contributed by atoms with Crippen molar-refractivity contribution in [2.24, 2.45) is 5.10 Å². The Bertz CT molecular complexity index is 1040. The maximum atomic E-state index is 14.5. The van der Waals surface area contributed by atoms with Crippen LogP contribution in [0.15, 0.2) is 47.6 Å². The molecule has 1 heterocycles. The minimum Gasteiger partial charge on any atom is -0.497 e. The second-order valence-corrected chi connectivity index (χ2v) is 7.53. The van der Waals surface area contributed by atoms with Crippen LogP contribution in [0.4, 0.5) is 4.39 Å². The van der Waals surface area contributed by atoms with Crippen LogP contribution in [-0.2, 0) is 14.3 Å². The highest BCUT2D eigenvalue weighted by Crippen LogP contribution is 2.39. The molecule has 2 aromatic rings. The zero-order chi connectivity index (χ0) is 24.0. The average molecular weight is 458 g/mol. The number of hydrazone groups is 1. The Labute approximate surface area is 192 Å². The van der Waals surface area contributed by atoms with Crippen molar-refractivity contribution in [1.82, 2.24) is 9.91 Å². The van der Waals surface area contributed by atoms with Crippen LogP contribution in [0.1, 0.15) is 30.5 Å². The monoisotopic (exact) mass is 457 g/mol. The Morgan fingerprint density at radius 2 is 1.91 bits per heavy atom. The highest BCUT2D eigenvalue weighted by molar-refractivity contribution is 6.03. The van der Waals surface area contributed by atoms with Gasteiger partial charge in [-0.15, -0.1) is 0 Å². The molecular formula is C24H28FN3O5. The number of rotatable bonds is 9. The summed E-state index contributed by atoms with van der Waals surface area (Å²) < 4.78 is 30.4. The third-order valence-corrected chi connectivity index (χ3v) is 5.48. The number of carbonyl (C=O) groups is 2. The average Bonchev–Trinajstić information content (AvgIpc) is 3.26. The summed E-state index contributed by atoms with van der Waals surface area (Å²) in [4.78, 5) is 26.8. The molecular weight excluding hydrogens is 429 g/mol. The van der Waals surface area contributed by atoms with Gasteiger partial charge in [0.05, 0.1) is 32.6 Å². The summed E-state index contributed by atoms with van der Waals surface area (Å²) >= 11 is 0. The number of halogens is 1. The van der Waals surface area contributed by atoms with E-state index in [0.717, 1.165) is 0 Å². The predicted molar refractivity (Wildman–Crippen MR) is 121 cm³/mol. The maximum Gasteiger partial charge on any atom is 0.262 e. The van der Waals surface area contributed by atoms with Gasteiger partial charge in [-0.2, -0.15) is 5.10 Å². The van der Waals surface area contributed by atoms with Gasteiger partial charge in [0.1, 0.15) is 23.9 Å². The molecule has 33 heavy (non-hydrogen) atoms. The molecule has 0 bridgehead atoms. The van der Waals surface area contributed by atoms with Gasteiger partial charge in [0.15, 0.2) is 0 Å². The van der Waals surface area contributed by atoms with Crippen molar-refractivity contribution >= 4 is 17.5 Å². The van der Waals surface area contributed by atoms with E-state index in [1.165, 1.54) is 37.1 Å². The van der Waals surface area contributed by atoms with Crippen molar-refractivity contribution in [2.75, 3.05) is 41.0 Å². The van der Waals surface area contributed by atoms with E-state index in [9.17, 15) is 14.0 Å². The molecule has 0 saturated heterocycles. The lowest BCUT2D eigenvalue weighted by molar-refractivity contribution is -0.141. The van der Waals surface area contributed by atoms with Gasteiger partial charge in [0.25, 0.3) is 5.91 Å². The lowest BCUT2D eigenvalue weighted by Gasteiger charge is -2.27. The Morgan fingerprint density at radius 1 is 1.15 bits per heavy atom. The predicted octanol–water partition coefficient (Wildman–Crippen LogP) is 3.02. The molecule has 176 valence electrons. The molecule has 0 unspecified atom stereocenters. The number of carbonyl (C=O) groups excluding carboxylic acids is 2. The third-order valence-electron chi connectivity index (χ3n) is 5.48. The van der Waals surface area contributed by atoms with Crippen LogP contribution in [0, 0.1) is 5.82 Å². The molecule has 8 nitrogen and oxygen atoms in total. The topological polar surface area (TPSA) is 80.7 Å². The first kappa shape index (κ1) is 24.2. The molecule has 1 aliphatic heterocycles. The Morgan fingerprint density at radius 3 is 2.55 bits per heavy atom. The zero-order valence-electron chi connectivity index (χ0n) is 19.2. The molecule has 1 atom stereocenters. The minimum absolute atomic E-state index is 0.185. The number of amides is 2. The fraction of sp³-hybridized carbons (Fsp3) is 0.375. The standard InChI is InChI=1S/C24H28FN3O5/c1-16(29)27(11-12-31-2)15-24(30)28-22(19-13-17(32-3)9-10-23(19)33-4)14-21(26-28)18-7-5-6-8-20(18)25/h5-10,13,22H,11-12,14-15H2,1-4H3/t22-/m0/s1. The quantitative estimate of drug-likeness (QED) is 0.578. The molecule has 0 N–H and O–H groups in total. The summed E-state index contributed by atoms with van der Waals surface area (Å²) in [6.45, 7) is 1.77. The van der Waals surface area contributed by atoms with Gasteiger partial charge in [-0.05, 0) is 24.3 Å². The van der Waals surface area contributed by atoms with Gasteiger partial charge in [0.2, 0.25) is 5.91 Å². The number of hydrogen-bond acceptors (Lipinski definition) is 6. The normalized spacial score (nSPS) is 15.2. The maximum absolute atomic E-state index is 14.5. The van der Waals surface area contributed by atoms with E-state index in [0.29, 0.717) is 34.9 Å². The summed E-state index contributed by atoms with van der Waals surface area (Å²) in [5.41, 5.74) is 1.43. The summed E-state index contributed by atoms with van der Waals surface area (Å²) in [6.07, 6.45) is 0.272. The van der Waals surface area contributed by atoms with Crippen LogP contribution in [-0.4, -0.2) is 68.5 Å². The fourth-order valence-electron chi connectivity index (χ4n) is 3.73. The fourth-order valence-corrected chi connectivity index (χ4v) is 3.73. The van der Waals surface area contributed by atoms with Crippen molar-refractivity contribution < 1.29 is 28.2 Å². The van der Waals surface area contributed by atoms with Gasteiger partial charge >= 0.3 is 0 Å². The Hall–Kier alpha value is -3.46. The van der Waals surface area contributed by atoms with E-state index >= 15 is 0 Å². The largest absolute Gasteiger partial charge is 0.497 e. The molecule has 0 aromatic heterocycles. The smallest absolute Gasteiger partial charge is 0.262 e. The molecule has 2 aromatic carbocycles. The zero-order valence-corrected chi connectivity index (χ0v) is 19.2. The van der Waals surface area contributed by atoms with Gasteiger partial charge in [-0.3, -0.25) is 9.59 Å². The number of benzene rings is 2. The van der Waals surface area contributed by atoms with Crippen LogP contribution < -0.4 is 9.47 Å². The summed E-state index contributed by atoms with van der Waals surface area (Å²) in [5, 5.41) is 5.80. The lowest BCUT2D eigenvalue weighted by atomic mass is 9.97. The SMILES string of the molecule is COCCN(CC(=O)N1N=C(c2ccccc2F)C[C@H]1c1cc(OC)ccc1OC)C(C)=O. The molecule has 1 aliphatic rings. The van der Waals surface area contributed by atoms with E-state index in [1.807, 2.05) is 0 Å². The van der Waals surface area contributed by atoms with Crippen LogP contribution >= 0.6 is 0 Å². The van der Waals surface area contributed by atoms with Crippen LogP contribution in [0.25, 0.3) is 0 Å². The van der Waals surface area contributed by atoms with Gasteiger partial charge in [-0.25, -0.2) is 9.40 Å². The molecule has 0 spiro atoms. The first-order valence-electron chi connectivity index (χ1n) is 10.5. The van der Waals surface area contributed by atoms with Crippen LogP contribution in [0.3, 0.4) is 0 Å². The summed E-state index contributed by atoms with van der Waals surface area (Å²) in [6, 6.07) is 11.0. The van der Waals surface area contributed by atoms with Crippen molar-refractivity contribution in [3.63, 3.8) is 0 Å². The van der Waals surface area contributed by atoms with Gasteiger partial charge < -0.3 is 19.1 Å². The molecule has 9 heteroatoms. The second kappa shape index (κ2) is 10.9. The second-order valence-electron chi connectivity index (χ2n) is 7.53. The highest BCUT2D eigenvalue weighted by atomic mass is 19.1. The lowest BCUT2D eigenvalue weighted by Crippen LogP contribution is -2.41. The number of methoxy groups -OCH3 is 3. The van der Waals surface area contributed by atoms with E-state index in [2.05, 4.69) is 5.10 Å². The molecule has 0 radical (unpaired) electrons. The van der Waals surface area contributed by atoms with E-state index in [1.54, 1.807) is 43.5 Å². The van der Waals surface area contributed by atoms with Crippen LogP contribution in [0.5, 0.6) is 11.5 Å². The number of nitrogens with zero attached hydrogens (tertiary/aromatic N) is 3. The van der Waals surface area contributed by atoms with Crippen molar-refractivity contribution in [3.8, 4) is 11.5 Å². The molecule has 0 aliphatic carbocycles. The van der Waals surface area contributed by atoms with Crippen molar-refractivity contribution in [1.29, 1.82) is 0 Å². The highest BCUT2D eigenvalue weighted by Gasteiger charge is 2.36. The van der Waals surface area contributed by atoms with E-state index < -0.39 is 17.8 Å². The Balaban J connectivity index is 2.00. The summed E-state index contributed by atoms with van der Waals surface area (Å²) in [5.74, 6) is 0.0534. The Kier molecular flexibility index (Phi) is 8.00. The van der Waals surface area contributed by atoms with E-state index in [4.69, 9.17) is 14.2 Å².